The Bertz CT molecular complexity index is 802. The van der Waals surface area contributed by atoms with Gasteiger partial charge in [-0.1, -0.05) is 17.2 Å². The summed E-state index contributed by atoms with van der Waals surface area (Å²) in [6.07, 6.45) is 0.779. The maximum Gasteiger partial charge on any atom is 0.288 e. The van der Waals surface area contributed by atoms with Crippen molar-refractivity contribution in [1.82, 2.24) is 14.7 Å². The Morgan fingerprint density at radius 1 is 1.12 bits per heavy atom. The number of aryl methyl sites for hydroxylation is 2. The molecular weight excluding hydrogens is 322 g/mol. The van der Waals surface area contributed by atoms with Gasteiger partial charge in [0.1, 0.15) is 0 Å². The van der Waals surface area contributed by atoms with Crippen molar-refractivity contribution in [3.05, 3.63) is 34.2 Å². The summed E-state index contributed by atoms with van der Waals surface area (Å²) in [6.45, 7) is 5.56. The summed E-state index contributed by atoms with van der Waals surface area (Å²) in [4.78, 5) is 2.25. The van der Waals surface area contributed by atoms with E-state index >= 15 is 0 Å². The Kier molecular flexibility index (Phi) is 6.25. The maximum absolute atomic E-state index is 8.76. The Hall–Kier alpha value is -2.48. The lowest BCUT2D eigenvalue weighted by Crippen LogP contribution is -2.29. The molecule has 1 aromatic carbocycles. The fourth-order valence-corrected chi connectivity index (χ4v) is 2.65. The van der Waals surface area contributed by atoms with Crippen LogP contribution in [0.2, 0.25) is 0 Å². The van der Waals surface area contributed by atoms with E-state index in [4.69, 9.17) is 27.2 Å². The largest absolute Gasteiger partial charge is 0.409 e. The third-order valence-electron chi connectivity index (χ3n) is 3.49. The molecule has 0 N–H and O–H groups in total. The van der Waals surface area contributed by atoms with Gasteiger partial charge in [0.2, 0.25) is 5.89 Å². The van der Waals surface area contributed by atoms with Crippen molar-refractivity contribution in [3.8, 4) is 23.6 Å². The molecule has 0 saturated heterocycles. The van der Waals surface area contributed by atoms with Crippen molar-refractivity contribution in [3.63, 3.8) is 0 Å². The Morgan fingerprint density at radius 2 is 1.71 bits per heavy atom. The number of hydrogen-bond donors (Lipinski definition) is 0. The number of nitrogens with zero attached hydrogens (tertiary/aromatic N) is 5. The minimum Gasteiger partial charge on any atom is -0.409 e. The topological polar surface area (TPSA) is 81.8 Å². The number of rotatable bonds is 7. The van der Waals surface area contributed by atoms with Gasteiger partial charge in [-0.15, -0.1) is 5.10 Å². The van der Waals surface area contributed by atoms with Gasteiger partial charge in [-0.3, -0.25) is 4.90 Å². The van der Waals surface area contributed by atoms with Gasteiger partial charge < -0.3 is 4.42 Å². The first-order chi connectivity index (χ1) is 11.5. The van der Waals surface area contributed by atoms with Gasteiger partial charge in [0.05, 0.1) is 18.8 Å². The van der Waals surface area contributed by atoms with E-state index in [2.05, 4.69) is 23.3 Å². The molecule has 124 valence electrons. The molecule has 6 nitrogen and oxygen atoms in total. The van der Waals surface area contributed by atoms with Crippen LogP contribution in [0.1, 0.15) is 24.0 Å². The Labute approximate surface area is 146 Å². The van der Waals surface area contributed by atoms with E-state index in [9.17, 15) is 0 Å². The van der Waals surface area contributed by atoms with Crippen LogP contribution in [0.3, 0.4) is 0 Å². The van der Waals surface area contributed by atoms with Gasteiger partial charge in [0.25, 0.3) is 4.84 Å². The fourth-order valence-electron chi connectivity index (χ4n) is 2.47. The monoisotopic (exact) mass is 341 g/mol. The second-order valence-electron chi connectivity index (χ2n) is 5.62. The number of hydrogen-bond acceptors (Lipinski definition) is 6. The summed E-state index contributed by atoms with van der Waals surface area (Å²) in [6, 6.07) is 10.3. The molecular formula is C17H19N5OS. The lowest BCUT2D eigenvalue weighted by Gasteiger charge is -2.18. The van der Waals surface area contributed by atoms with Crippen molar-refractivity contribution < 1.29 is 4.42 Å². The number of aromatic nitrogens is 2. The van der Waals surface area contributed by atoms with Crippen LogP contribution < -0.4 is 0 Å². The maximum atomic E-state index is 8.76. The fraction of sp³-hybridized carbons (Fsp3) is 0.412. The molecule has 24 heavy (non-hydrogen) atoms. The van der Waals surface area contributed by atoms with Crippen LogP contribution in [-0.4, -0.2) is 27.8 Å². The van der Waals surface area contributed by atoms with Crippen molar-refractivity contribution in [2.75, 3.05) is 13.1 Å². The average Bonchev–Trinajstić information content (AvgIpc) is 2.90. The van der Waals surface area contributed by atoms with Crippen molar-refractivity contribution in [2.24, 2.45) is 0 Å². The smallest absolute Gasteiger partial charge is 0.288 e. The highest BCUT2D eigenvalue weighted by Crippen LogP contribution is 2.21. The summed E-state index contributed by atoms with van der Waals surface area (Å²) < 4.78 is 7.22. The summed E-state index contributed by atoms with van der Waals surface area (Å²) in [5.74, 6) is 0.479. The lowest BCUT2D eigenvalue weighted by molar-refractivity contribution is 0.211. The normalized spacial score (nSPS) is 10.5. The molecule has 0 bridgehead atoms. The molecule has 1 aromatic heterocycles. The van der Waals surface area contributed by atoms with E-state index in [0.717, 1.165) is 16.7 Å². The number of benzene rings is 1. The van der Waals surface area contributed by atoms with Crippen LogP contribution in [0.15, 0.2) is 22.6 Å². The van der Waals surface area contributed by atoms with Crippen molar-refractivity contribution in [2.45, 2.75) is 33.4 Å². The molecule has 0 atom stereocenters. The van der Waals surface area contributed by atoms with Gasteiger partial charge in [-0.2, -0.15) is 10.5 Å². The first kappa shape index (κ1) is 17.9. The van der Waals surface area contributed by atoms with Gasteiger partial charge in [0.15, 0.2) is 0 Å². The second-order valence-corrected chi connectivity index (χ2v) is 5.97. The molecule has 2 rings (SSSR count). The third kappa shape index (κ3) is 4.76. The molecule has 0 aliphatic rings. The zero-order chi connectivity index (χ0) is 17.5. The Balaban J connectivity index is 2.22. The summed E-state index contributed by atoms with van der Waals surface area (Å²) in [7, 11) is 0. The van der Waals surface area contributed by atoms with Crippen LogP contribution in [0.25, 0.3) is 11.5 Å². The van der Waals surface area contributed by atoms with Crippen molar-refractivity contribution >= 4 is 12.2 Å². The SMILES string of the molecule is Cc1cc(C)cc(-c2nn(CN(CCC#N)CCC#N)c(=S)o2)c1. The highest BCUT2D eigenvalue weighted by Gasteiger charge is 2.12. The summed E-state index contributed by atoms with van der Waals surface area (Å²) in [5, 5.41) is 22.0. The molecule has 1 heterocycles. The first-order valence-corrected chi connectivity index (χ1v) is 8.07. The highest BCUT2D eigenvalue weighted by molar-refractivity contribution is 7.71. The molecule has 7 heteroatoms. The molecule has 0 spiro atoms. The van der Waals surface area contributed by atoms with E-state index in [1.165, 1.54) is 0 Å². The van der Waals surface area contributed by atoms with E-state index in [-0.39, 0.29) is 4.84 Å². The van der Waals surface area contributed by atoms with Gasteiger partial charge in [0, 0.05) is 31.5 Å². The molecule has 0 aliphatic carbocycles. The van der Waals surface area contributed by atoms with Crippen LogP contribution >= 0.6 is 12.2 Å². The van der Waals surface area contributed by atoms with Gasteiger partial charge in [-0.25, -0.2) is 4.68 Å². The molecule has 0 radical (unpaired) electrons. The predicted octanol–water partition coefficient (Wildman–Crippen LogP) is 3.58. The van der Waals surface area contributed by atoms with Gasteiger partial charge in [-0.05, 0) is 38.2 Å². The van der Waals surface area contributed by atoms with Gasteiger partial charge >= 0.3 is 0 Å². The molecule has 0 aliphatic heterocycles. The summed E-state index contributed by atoms with van der Waals surface area (Å²) >= 11 is 5.26. The quantitative estimate of drug-likeness (QED) is 0.716. The lowest BCUT2D eigenvalue weighted by atomic mass is 10.1. The van der Waals surface area contributed by atoms with Crippen LogP contribution in [0, 0.1) is 41.3 Å². The predicted molar refractivity (Wildman–Crippen MR) is 92.3 cm³/mol. The third-order valence-corrected chi connectivity index (χ3v) is 3.78. The molecule has 2 aromatic rings. The zero-order valence-electron chi connectivity index (χ0n) is 13.8. The average molecular weight is 341 g/mol. The minimum atomic E-state index is 0.281. The van der Waals surface area contributed by atoms with E-state index in [1.807, 2.05) is 30.9 Å². The molecule has 0 fully saturated rings. The standard InChI is InChI=1S/C17H19N5OS/c1-13-9-14(2)11-15(10-13)16-20-22(17(24)23-16)12-21(7-3-5-18)8-4-6-19/h9-11H,3-4,7-8,12H2,1-2H3. The van der Waals surface area contributed by atoms with E-state index in [0.29, 0.717) is 38.5 Å². The summed E-state index contributed by atoms with van der Waals surface area (Å²) in [5.41, 5.74) is 3.15. The van der Waals surface area contributed by atoms with Crippen LogP contribution in [0.4, 0.5) is 0 Å². The first-order valence-electron chi connectivity index (χ1n) is 7.66. The molecule has 0 amide bonds. The Morgan fingerprint density at radius 3 is 2.25 bits per heavy atom. The number of nitriles is 2. The second kappa shape index (κ2) is 8.39. The van der Waals surface area contributed by atoms with Crippen LogP contribution in [-0.2, 0) is 6.67 Å². The van der Waals surface area contributed by atoms with E-state index < -0.39 is 0 Å². The molecule has 0 saturated carbocycles. The van der Waals surface area contributed by atoms with Crippen molar-refractivity contribution in [1.29, 1.82) is 10.5 Å². The zero-order valence-corrected chi connectivity index (χ0v) is 14.6. The minimum absolute atomic E-state index is 0.281. The molecule has 0 unspecified atom stereocenters. The highest BCUT2D eigenvalue weighted by atomic mass is 32.1. The van der Waals surface area contributed by atoms with E-state index in [1.54, 1.807) is 4.68 Å². The van der Waals surface area contributed by atoms with Crippen LogP contribution in [0.5, 0.6) is 0 Å².